The van der Waals surface area contributed by atoms with E-state index in [4.69, 9.17) is 17.3 Å². The Kier molecular flexibility index (Phi) is 7.53. The van der Waals surface area contributed by atoms with Crippen LogP contribution in [-0.4, -0.2) is 23.6 Å². The Morgan fingerprint density at radius 2 is 1.53 bits per heavy atom. The Labute approximate surface area is 198 Å². The number of benzene rings is 3. The van der Waals surface area contributed by atoms with Gasteiger partial charge in [-0.25, -0.2) is 4.99 Å². The van der Waals surface area contributed by atoms with Crippen molar-refractivity contribution in [1.82, 2.24) is 0 Å². The van der Waals surface area contributed by atoms with Crippen molar-refractivity contribution in [3.63, 3.8) is 0 Å². The van der Waals surface area contributed by atoms with E-state index >= 15 is 0 Å². The number of Topliss-reactive ketones (excluding diaryl/α,β-unsaturated/α-hetero) is 1. The highest BCUT2D eigenvalue weighted by Crippen LogP contribution is 2.27. The molecule has 0 aliphatic heterocycles. The van der Waals surface area contributed by atoms with Crippen LogP contribution in [0.1, 0.15) is 33.2 Å². The number of halogens is 4. The first-order valence-corrected chi connectivity index (χ1v) is 10.3. The lowest BCUT2D eigenvalue weighted by atomic mass is 10.0. The fraction of sp³-hybridized carbons (Fsp3) is 0.0800. The first-order chi connectivity index (χ1) is 16.1. The molecule has 0 atom stereocenters. The maximum atomic E-state index is 13.1. The molecule has 3 aromatic carbocycles. The number of carbonyl (C=O) groups is 2. The summed E-state index contributed by atoms with van der Waals surface area (Å²) in [6, 6.07) is 18.7. The third-order valence-corrected chi connectivity index (χ3v) is 5.03. The topological polar surface area (TPSA) is 84.5 Å². The van der Waals surface area contributed by atoms with E-state index in [-0.39, 0.29) is 33.3 Å². The molecule has 3 rings (SSSR count). The van der Waals surface area contributed by atoms with Gasteiger partial charge in [0.2, 0.25) is 0 Å². The van der Waals surface area contributed by atoms with E-state index in [0.717, 1.165) is 0 Å². The van der Waals surface area contributed by atoms with Crippen LogP contribution in [0.25, 0.3) is 0 Å². The second-order valence-electron chi connectivity index (χ2n) is 7.18. The normalized spacial score (nSPS) is 12.4. The molecular formula is C25H19ClF3N3O2. The number of nitrogens with one attached hydrogen (secondary N) is 1. The lowest BCUT2D eigenvalue weighted by Crippen LogP contribution is -2.21. The molecule has 5 nitrogen and oxygen atoms in total. The van der Waals surface area contributed by atoms with Crippen molar-refractivity contribution in [3.8, 4) is 0 Å². The van der Waals surface area contributed by atoms with Gasteiger partial charge in [-0.15, -0.1) is 0 Å². The van der Waals surface area contributed by atoms with Gasteiger partial charge in [-0.1, -0.05) is 48.0 Å². The van der Waals surface area contributed by atoms with Gasteiger partial charge >= 0.3 is 6.18 Å². The maximum absolute atomic E-state index is 13.1. The molecule has 0 aliphatic rings. The summed E-state index contributed by atoms with van der Waals surface area (Å²) in [7, 11) is 0. The number of carbonyl (C=O) groups excluding carboxylic acids is 2. The lowest BCUT2D eigenvalue weighted by Gasteiger charge is -2.11. The van der Waals surface area contributed by atoms with Crippen molar-refractivity contribution >= 4 is 40.4 Å². The van der Waals surface area contributed by atoms with Gasteiger partial charge in [-0.2, -0.15) is 13.2 Å². The molecule has 0 spiro atoms. The van der Waals surface area contributed by atoms with E-state index in [9.17, 15) is 22.8 Å². The Morgan fingerprint density at radius 1 is 0.941 bits per heavy atom. The van der Waals surface area contributed by atoms with Crippen molar-refractivity contribution in [2.45, 2.75) is 13.1 Å². The summed E-state index contributed by atoms with van der Waals surface area (Å²) in [6.07, 6.45) is -4.04. The SMILES string of the molecule is CC(=O)c1ccccc1NC(=O)c1ccc(C(/C=C(\N)C(F)(F)F)=Nc2ccccc2Cl)cc1. The fourth-order valence-corrected chi connectivity index (χ4v) is 3.15. The fourth-order valence-electron chi connectivity index (χ4n) is 2.97. The summed E-state index contributed by atoms with van der Waals surface area (Å²) < 4.78 is 39.2. The molecular weight excluding hydrogens is 467 g/mol. The number of allylic oxidation sites excluding steroid dienone is 2. The van der Waals surface area contributed by atoms with E-state index < -0.39 is 17.8 Å². The minimum atomic E-state index is -4.74. The zero-order chi connectivity index (χ0) is 24.9. The number of ketones is 1. The Morgan fingerprint density at radius 3 is 2.15 bits per heavy atom. The molecule has 34 heavy (non-hydrogen) atoms. The van der Waals surface area contributed by atoms with Crippen LogP contribution in [0.3, 0.4) is 0 Å². The molecule has 0 fully saturated rings. The second kappa shape index (κ2) is 10.4. The summed E-state index contributed by atoms with van der Waals surface area (Å²) in [5, 5.41) is 2.92. The molecule has 1 amide bonds. The summed E-state index contributed by atoms with van der Waals surface area (Å²) in [5.41, 5.74) is 5.27. The number of para-hydroxylation sites is 2. The molecule has 0 saturated carbocycles. The van der Waals surface area contributed by atoms with Crippen LogP contribution < -0.4 is 11.1 Å². The molecule has 9 heteroatoms. The molecule has 3 aromatic rings. The minimum absolute atomic E-state index is 0.0863. The molecule has 0 saturated heterocycles. The van der Waals surface area contributed by atoms with Crippen molar-refractivity contribution < 1.29 is 22.8 Å². The average molecular weight is 486 g/mol. The summed E-state index contributed by atoms with van der Waals surface area (Å²) >= 11 is 6.10. The van der Waals surface area contributed by atoms with Gasteiger partial charge in [0.15, 0.2) is 5.78 Å². The molecule has 0 unspecified atom stereocenters. The third-order valence-electron chi connectivity index (χ3n) is 4.71. The van der Waals surface area contributed by atoms with Crippen LogP contribution in [0.5, 0.6) is 0 Å². The van der Waals surface area contributed by atoms with E-state index in [2.05, 4.69) is 10.3 Å². The monoisotopic (exact) mass is 485 g/mol. The van der Waals surface area contributed by atoms with Gasteiger partial charge in [-0.3, -0.25) is 9.59 Å². The number of aliphatic imine (C=N–C) groups is 1. The molecule has 0 aromatic heterocycles. The third kappa shape index (κ3) is 6.11. The molecule has 0 heterocycles. The Balaban J connectivity index is 1.95. The van der Waals surface area contributed by atoms with E-state index in [1.54, 1.807) is 48.5 Å². The van der Waals surface area contributed by atoms with Gasteiger partial charge < -0.3 is 11.1 Å². The quantitative estimate of drug-likeness (QED) is 0.316. The molecule has 0 aliphatic carbocycles. The van der Waals surface area contributed by atoms with Crippen molar-refractivity contribution in [2.75, 3.05) is 5.32 Å². The van der Waals surface area contributed by atoms with Crippen molar-refractivity contribution in [2.24, 2.45) is 10.7 Å². The number of anilines is 1. The minimum Gasteiger partial charge on any atom is -0.395 e. The van der Waals surface area contributed by atoms with Crippen LogP contribution in [0.2, 0.25) is 5.02 Å². The number of hydrogen-bond acceptors (Lipinski definition) is 4. The van der Waals surface area contributed by atoms with Crippen LogP contribution in [0.15, 0.2) is 89.6 Å². The number of nitrogens with two attached hydrogens (primary N) is 1. The van der Waals surface area contributed by atoms with Gasteiger partial charge in [0, 0.05) is 16.7 Å². The van der Waals surface area contributed by atoms with E-state index in [0.29, 0.717) is 17.3 Å². The smallest absolute Gasteiger partial charge is 0.395 e. The van der Waals surface area contributed by atoms with Crippen molar-refractivity contribution in [3.05, 3.63) is 106 Å². The Bertz CT molecular complexity index is 1280. The molecule has 0 radical (unpaired) electrons. The number of amides is 1. The predicted octanol–water partition coefficient (Wildman–Crippen LogP) is 6.32. The highest BCUT2D eigenvalue weighted by atomic mass is 35.5. The second-order valence-corrected chi connectivity index (χ2v) is 7.59. The van der Waals surface area contributed by atoms with Gasteiger partial charge in [0.25, 0.3) is 5.91 Å². The highest BCUT2D eigenvalue weighted by molar-refractivity contribution is 6.33. The van der Waals surface area contributed by atoms with E-state index in [1.165, 1.54) is 31.2 Å². The first-order valence-electron chi connectivity index (χ1n) is 9.95. The zero-order valence-corrected chi connectivity index (χ0v) is 18.6. The van der Waals surface area contributed by atoms with Crippen LogP contribution in [-0.2, 0) is 0 Å². The highest BCUT2D eigenvalue weighted by Gasteiger charge is 2.31. The van der Waals surface area contributed by atoms with Crippen molar-refractivity contribution in [1.29, 1.82) is 0 Å². The first kappa shape index (κ1) is 24.7. The van der Waals surface area contributed by atoms with Crippen LogP contribution in [0.4, 0.5) is 24.5 Å². The number of alkyl halides is 3. The van der Waals surface area contributed by atoms with E-state index in [1.807, 2.05) is 0 Å². The van der Waals surface area contributed by atoms with Gasteiger partial charge in [0.05, 0.1) is 22.1 Å². The molecule has 3 N–H and O–H groups in total. The lowest BCUT2D eigenvalue weighted by molar-refractivity contribution is -0.0925. The summed E-state index contributed by atoms with van der Waals surface area (Å²) in [6.45, 7) is 1.39. The average Bonchev–Trinajstić information content (AvgIpc) is 2.79. The molecule has 174 valence electrons. The van der Waals surface area contributed by atoms with Gasteiger partial charge in [-0.05, 0) is 49.4 Å². The number of rotatable bonds is 6. The summed E-state index contributed by atoms with van der Waals surface area (Å²) in [4.78, 5) is 28.7. The Hall–Kier alpha value is -3.91. The maximum Gasteiger partial charge on any atom is 0.430 e. The standard InChI is InChI=1S/C25H19ClF3N3O2/c1-15(33)18-6-2-4-8-20(18)32-24(34)17-12-10-16(11-13-17)22(14-23(30)25(27,28)29)31-21-9-5-3-7-19(21)26/h2-14H,30H2,1H3,(H,32,34)/b23-14-,31-22?. The molecule has 0 bridgehead atoms. The van der Waals surface area contributed by atoms with Crippen LogP contribution >= 0.6 is 11.6 Å². The van der Waals surface area contributed by atoms with Gasteiger partial charge in [0.1, 0.15) is 5.70 Å². The largest absolute Gasteiger partial charge is 0.430 e. The van der Waals surface area contributed by atoms with Crippen LogP contribution in [0, 0.1) is 0 Å². The zero-order valence-electron chi connectivity index (χ0n) is 17.9. The summed E-state index contributed by atoms with van der Waals surface area (Å²) in [5.74, 6) is -0.698. The number of hydrogen-bond donors (Lipinski definition) is 2. The predicted molar refractivity (Wildman–Crippen MR) is 127 cm³/mol. The number of nitrogens with zero attached hydrogens (tertiary/aromatic N) is 1.